The Balaban J connectivity index is 2.63. The van der Waals surface area contributed by atoms with Gasteiger partial charge in [-0.2, -0.15) is 5.26 Å². The third-order valence-electron chi connectivity index (χ3n) is 2.21. The van der Waals surface area contributed by atoms with Crippen molar-refractivity contribution in [3.8, 4) is 11.8 Å². The maximum Gasteiger partial charge on any atom is 0.224 e. The highest BCUT2D eigenvalue weighted by Crippen LogP contribution is 2.23. The van der Waals surface area contributed by atoms with Crippen LogP contribution in [0.25, 0.3) is 0 Å². The van der Waals surface area contributed by atoms with Gasteiger partial charge in [-0.05, 0) is 18.6 Å². The number of hydrogen-bond acceptors (Lipinski definition) is 3. The van der Waals surface area contributed by atoms with E-state index in [4.69, 9.17) is 10.00 Å². The number of nitrogens with one attached hydrogen (secondary N) is 1. The van der Waals surface area contributed by atoms with Gasteiger partial charge in [0.2, 0.25) is 5.91 Å². The molecular weight excluding hydrogens is 216 g/mol. The fourth-order valence-corrected chi connectivity index (χ4v) is 1.36. The third-order valence-corrected chi connectivity index (χ3v) is 2.21. The lowest BCUT2D eigenvalue weighted by Gasteiger charge is -2.10. The zero-order chi connectivity index (χ0) is 12.5. The fourth-order valence-electron chi connectivity index (χ4n) is 1.36. The summed E-state index contributed by atoms with van der Waals surface area (Å²) in [6.45, 7) is 2.01. The largest absolute Gasteiger partial charge is 0.477 e. The third kappa shape index (κ3) is 4.56. The second-order valence-corrected chi connectivity index (χ2v) is 3.59. The summed E-state index contributed by atoms with van der Waals surface area (Å²) in [6, 6.07) is 9.00. The maximum atomic E-state index is 11.6. The molecule has 17 heavy (non-hydrogen) atoms. The molecule has 1 amide bonds. The number of amides is 1. The van der Waals surface area contributed by atoms with Crippen molar-refractivity contribution < 1.29 is 9.53 Å². The van der Waals surface area contributed by atoms with Crippen molar-refractivity contribution in [2.75, 3.05) is 11.9 Å². The molecule has 1 N–H and O–H groups in total. The van der Waals surface area contributed by atoms with Crippen LogP contribution in [-0.4, -0.2) is 12.5 Å². The highest BCUT2D eigenvalue weighted by molar-refractivity contribution is 5.92. The lowest BCUT2D eigenvalue weighted by molar-refractivity contribution is -0.116. The minimum atomic E-state index is -0.0279. The van der Waals surface area contributed by atoms with Gasteiger partial charge in [0.05, 0.1) is 5.69 Å². The van der Waals surface area contributed by atoms with E-state index in [0.717, 1.165) is 12.8 Å². The van der Waals surface area contributed by atoms with Crippen LogP contribution in [0.2, 0.25) is 0 Å². The van der Waals surface area contributed by atoms with Gasteiger partial charge in [0, 0.05) is 6.42 Å². The lowest BCUT2D eigenvalue weighted by atomic mass is 10.2. The summed E-state index contributed by atoms with van der Waals surface area (Å²) in [5, 5.41) is 11.2. The molecule has 0 aliphatic heterocycles. The Morgan fingerprint density at radius 3 is 2.94 bits per heavy atom. The number of para-hydroxylation sites is 2. The van der Waals surface area contributed by atoms with Crippen molar-refractivity contribution in [1.82, 2.24) is 0 Å². The van der Waals surface area contributed by atoms with Crippen LogP contribution in [0, 0.1) is 11.3 Å². The number of unbranched alkanes of at least 4 members (excludes halogenated alkanes) is 1. The van der Waals surface area contributed by atoms with Gasteiger partial charge in [-0.1, -0.05) is 25.5 Å². The average molecular weight is 232 g/mol. The number of carbonyl (C=O) groups is 1. The number of nitrogens with zero attached hydrogens (tertiary/aromatic N) is 1. The Kier molecular flexibility index (Phi) is 5.59. The first-order chi connectivity index (χ1) is 8.27. The Bertz CT molecular complexity index is 410. The van der Waals surface area contributed by atoms with Crippen LogP contribution in [0.5, 0.6) is 5.75 Å². The molecule has 0 heterocycles. The molecule has 4 heteroatoms. The highest BCUT2D eigenvalue weighted by Gasteiger charge is 2.06. The minimum absolute atomic E-state index is 0.0259. The van der Waals surface area contributed by atoms with Crippen LogP contribution in [0.15, 0.2) is 24.3 Å². The Morgan fingerprint density at radius 2 is 2.24 bits per heavy atom. The molecule has 0 radical (unpaired) electrons. The van der Waals surface area contributed by atoms with Crippen molar-refractivity contribution >= 4 is 11.6 Å². The maximum absolute atomic E-state index is 11.6. The first-order valence-corrected chi connectivity index (χ1v) is 5.66. The molecule has 0 aromatic heterocycles. The molecule has 0 unspecified atom stereocenters. The van der Waals surface area contributed by atoms with Gasteiger partial charge in [0.25, 0.3) is 0 Å². The fraction of sp³-hybridized carbons (Fsp3) is 0.385. The number of hydrogen-bond donors (Lipinski definition) is 1. The minimum Gasteiger partial charge on any atom is -0.477 e. The molecule has 0 spiro atoms. The monoisotopic (exact) mass is 232 g/mol. The van der Waals surface area contributed by atoms with Gasteiger partial charge in [-0.25, -0.2) is 0 Å². The molecular formula is C13H16N2O2. The van der Waals surface area contributed by atoms with E-state index in [0.29, 0.717) is 17.9 Å². The quantitative estimate of drug-likeness (QED) is 0.820. The lowest BCUT2D eigenvalue weighted by Crippen LogP contribution is -2.12. The van der Waals surface area contributed by atoms with Gasteiger partial charge in [0.1, 0.15) is 11.8 Å². The SMILES string of the molecule is CCCCC(=O)Nc1ccccc1OCC#N. The number of anilines is 1. The Morgan fingerprint density at radius 1 is 1.47 bits per heavy atom. The van der Waals surface area contributed by atoms with Crippen LogP contribution in [0.3, 0.4) is 0 Å². The van der Waals surface area contributed by atoms with E-state index in [1.165, 1.54) is 0 Å². The van der Waals surface area contributed by atoms with Gasteiger partial charge < -0.3 is 10.1 Å². The van der Waals surface area contributed by atoms with Crippen molar-refractivity contribution in [2.45, 2.75) is 26.2 Å². The summed E-state index contributed by atoms with van der Waals surface area (Å²) in [5.41, 5.74) is 0.615. The summed E-state index contributed by atoms with van der Waals surface area (Å²) in [7, 11) is 0. The number of ether oxygens (including phenoxy) is 1. The zero-order valence-corrected chi connectivity index (χ0v) is 9.90. The summed E-state index contributed by atoms with van der Waals surface area (Å²) in [5.74, 6) is 0.499. The summed E-state index contributed by atoms with van der Waals surface area (Å²) < 4.78 is 5.22. The molecule has 0 bridgehead atoms. The van der Waals surface area contributed by atoms with Crippen LogP contribution in [0.1, 0.15) is 26.2 Å². The van der Waals surface area contributed by atoms with Crippen LogP contribution in [0.4, 0.5) is 5.69 Å². The van der Waals surface area contributed by atoms with Crippen molar-refractivity contribution in [3.63, 3.8) is 0 Å². The summed E-state index contributed by atoms with van der Waals surface area (Å²) in [6.07, 6.45) is 2.36. The predicted molar refractivity (Wildman–Crippen MR) is 65.7 cm³/mol. The van der Waals surface area contributed by atoms with E-state index < -0.39 is 0 Å². The summed E-state index contributed by atoms with van der Waals surface area (Å²) >= 11 is 0. The molecule has 90 valence electrons. The molecule has 1 aromatic carbocycles. The molecule has 0 atom stereocenters. The van der Waals surface area contributed by atoms with Crippen molar-refractivity contribution in [1.29, 1.82) is 5.26 Å². The molecule has 0 saturated carbocycles. The van der Waals surface area contributed by atoms with Gasteiger partial charge in [-0.15, -0.1) is 0 Å². The topological polar surface area (TPSA) is 62.1 Å². The van der Waals surface area contributed by atoms with E-state index in [2.05, 4.69) is 5.32 Å². The molecule has 4 nitrogen and oxygen atoms in total. The van der Waals surface area contributed by atoms with Gasteiger partial charge in [0.15, 0.2) is 6.61 Å². The van der Waals surface area contributed by atoms with E-state index >= 15 is 0 Å². The zero-order valence-electron chi connectivity index (χ0n) is 9.90. The van der Waals surface area contributed by atoms with Gasteiger partial charge >= 0.3 is 0 Å². The molecule has 0 fully saturated rings. The van der Waals surface area contributed by atoms with E-state index in [-0.39, 0.29) is 12.5 Å². The molecule has 1 aromatic rings. The second kappa shape index (κ2) is 7.29. The highest BCUT2D eigenvalue weighted by atomic mass is 16.5. The Labute approximate surface area is 101 Å². The summed E-state index contributed by atoms with van der Waals surface area (Å²) in [4.78, 5) is 11.6. The average Bonchev–Trinajstić information content (AvgIpc) is 2.35. The first-order valence-electron chi connectivity index (χ1n) is 5.66. The van der Waals surface area contributed by atoms with Crippen LogP contribution < -0.4 is 10.1 Å². The normalized spacial score (nSPS) is 9.41. The predicted octanol–water partition coefficient (Wildman–Crippen LogP) is 2.72. The number of benzene rings is 1. The molecule has 0 saturated heterocycles. The second-order valence-electron chi connectivity index (χ2n) is 3.59. The standard InChI is InChI=1S/C13H16N2O2/c1-2-3-8-13(16)15-11-6-4-5-7-12(11)17-10-9-14/h4-7H,2-3,8,10H2,1H3,(H,15,16). The van der Waals surface area contributed by atoms with Crippen molar-refractivity contribution in [2.24, 2.45) is 0 Å². The van der Waals surface area contributed by atoms with Crippen molar-refractivity contribution in [3.05, 3.63) is 24.3 Å². The molecule has 1 rings (SSSR count). The van der Waals surface area contributed by atoms with E-state index in [1.54, 1.807) is 18.2 Å². The first kappa shape index (κ1) is 13.0. The van der Waals surface area contributed by atoms with Crippen LogP contribution in [-0.2, 0) is 4.79 Å². The smallest absolute Gasteiger partial charge is 0.224 e. The van der Waals surface area contributed by atoms with Crippen LogP contribution >= 0.6 is 0 Å². The van der Waals surface area contributed by atoms with Gasteiger partial charge in [-0.3, -0.25) is 4.79 Å². The molecule has 0 aliphatic rings. The number of nitriles is 1. The number of rotatable bonds is 6. The Hall–Kier alpha value is -2.02. The van der Waals surface area contributed by atoms with E-state index in [1.807, 2.05) is 19.1 Å². The van der Waals surface area contributed by atoms with E-state index in [9.17, 15) is 4.79 Å². The molecule has 0 aliphatic carbocycles. The number of carbonyl (C=O) groups excluding carboxylic acids is 1.